The van der Waals surface area contributed by atoms with Crippen molar-refractivity contribution in [1.29, 1.82) is 0 Å². The van der Waals surface area contributed by atoms with Crippen molar-refractivity contribution in [2.24, 2.45) is 0 Å². The smallest absolute Gasteiger partial charge is 0.158 e. The number of benzene rings is 1. The Kier molecular flexibility index (Phi) is 21.2. The van der Waals surface area contributed by atoms with Crippen molar-refractivity contribution >= 4 is 0 Å². The number of ether oxygens (including phenoxy) is 2. The number of nitrogens with zero attached hydrogens (tertiary/aromatic N) is 3. The van der Waals surface area contributed by atoms with Gasteiger partial charge in [0.25, 0.3) is 0 Å². The van der Waals surface area contributed by atoms with Crippen LogP contribution in [0.4, 0.5) is 0 Å². The predicted molar refractivity (Wildman–Crippen MR) is 189 cm³/mol. The first-order chi connectivity index (χ1) is 23.1. The monoisotopic (exact) mass is 658 g/mol. The summed E-state index contributed by atoms with van der Waals surface area (Å²) < 4.78 is 13.7. The molecule has 1 fully saturated rings. The van der Waals surface area contributed by atoms with Crippen LogP contribution in [0.25, 0.3) is 0 Å². The van der Waals surface area contributed by atoms with Crippen molar-refractivity contribution < 1.29 is 24.8 Å². The summed E-state index contributed by atoms with van der Waals surface area (Å²) in [4.78, 5) is 0. The summed E-state index contributed by atoms with van der Waals surface area (Å²) in [5.41, 5.74) is 2.31. The standard InChI is InChI=1S/C39H67N3O5/c1-2-3-4-5-6-7-8-9-10-11-15-21-28-37(44)39(45)36(32-46-38-29-22-27-35(31-43)47-38)42-30-34(40-41-42)26-20-14-12-13-17-23-33-24-18-16-19-25-33/h16,18-19,24-25,30,35-39,43-45H,2-15,17,20-23,26-29,31-32H2,1H3/t35?,36-,37+,38?,39-/m0/s1. The number of aromatic nitrogens is 3. The molecule has 0 bridgehead atoms. The average Bonchev–Trinajstić information content (AvgIpc) is 3.57. The first-order valence-electron chi connectivity index (χ1n) is 19.3. The highest BCUT2D eigenvalue weighted by molar-refractivity contribution is 5.14. The molecule has 0 aliphatic carbocycles. The Morgan fingerprint density at radius 3 is 2.09 bits per heavy atom. The van der Waals surface area contributed by atoms with E-state index in [1.54, 1.807) is 4.68 Å². The number of aliphatic hydroxyl groups excluding tert-OH is 3. The maximum absolute atomic E-state index is 11.3. The molecule has 1 aromatic carbocycles. The zero-order valence-electron chi connectivity index (χ0n) is 29.5. The molecular weight excluding hydrogens is 590 g/mol. The number of aryl methyl sites for hydroxylation is 2. The van der Waals surface area contributed by atoms with E-state index >= 15 is 0 Å². The highest BCUT2D eigenvalue weighted by Gasteiger charge is 2.31. The molecular formula is C39H67N3O5. The molecule has 1 aliphatic rings. The molecule has 0 amide bonds. The van der Waals surface area contributed by atoms with E-state index in [9.17, 15) is 15.3 Å². The van der Waals surface area contributed by atoms with Gasteiger partial charge in [-0.2, -0.15) is 0 Å². The lowest BCUT2D eigenvalue weighted by atomic mass is 9.99. The Hall–Kier alpha value is -1.84. The van der Waals surface area contributed by atoms with Gasteiger partial charge in [0.05, 0.1) is 31.1 Å². The van der Waals surface area contributed by atoms with Crippen LogP contribution in [0.5, 0.6) is 0 Å². The third kappa shape index (κ3) is 16.9. The summed E-state index contributed by atoms with van der Waals surface area (Å²) in [5.74, 6) is 0. The molecule has 3 N–H and O–H groups in total. The lowest BCUT2D eigenvalue weighted by Gasteiger charge is -2.32. The van der Waals surface area contributed by atoms with Crippen LogP contribution in [0.1, 0.15) is 159 Å². The van der Waals surface area contributed by atoms with Gasteiger partial charge < -0.3 is 24.8 Å². The van der Waals surface area contributed by atoms with Gasteiger partial charge in [-0.05, 0) is 56.9 Å². The maximum atomic E-state index is 11.3. The lowest BCUT2D eigenvalue weighted by Crippen LogP contribution is -2.40. The van der Waals surface area contributed by atoms with E-state index in [4.69, 9.17) is 9.47 Å². The minimum atomic E-state index is -1.03. The fourth-order valence-corrected chi connectivity index (χ4v) is 6.68. The third-order valence-corrected chi connectivity index (χ3v) is 9.75. The fourth-order valence-electron chi connectivity index (χ4n) is 6.68. The molecule has 1 aromatic heterocycles. The van der Waals surface area contributed by atoms with Crippen molar-refractivity contribution in [1.82, 2.24) is 15.0 Å². The summed E-state index contributed by atoms with van der Waals surface area (Å²) in [6.07, 6.45) is 25.4. The largest absolute Gasteiger partial charge is 0.394 e. The minimum absolute atomic E-state index is 0.0247. The molecule has 8 heteroatoms. The second-order valence-electron chi connectivity index (χ2n) is 13.9. The molecule has 2 unspecified atom stereocenters. The third-order valence-electron chi connectivity index (χ3n) is 9.75. The van der Waals surface area contributed by atoms with Crippen LogP contribution in [0.2, 0.25) is 0 Å². The Balaban J connectivity index is 1.39. The Morgan fingerprint density at radius 1 is 0.809 bits per heavy atom. The SMILES string of the molecule is CCCCCCCCCCCCCC[C@@H](O)[C@@H](O)[C@H](COC1CCCC(CO)O1)n1cc(CCCCCCCc2ccccc2)nn1. The highest BCUT2D eigenvalue weighted by Crippen LogP contribution is 2.24. The zero-order valence-corrected chi connectivity index (χ0v) is 29.5. The summed E-state index contributed by atoms with van der Waals surface area (Å²) in [6, 6.07) is 10.1. The Labute approximate surface area is 285 Å². The molecule has 2 heterocycles. The number of rotatable bonds is 28. The van der Waals surface area contributed by atoms with Gasteiger partial charge >= 0.3 is 0 Å². The topological polar surface area (TPSA) is 110 Å². The van der Waals surface area contributed by atoms with Gasteiger partial charge in [0.1, 0.15) is 12.1 Å². The van der Waals surface area contributed by atoms with E-state index in [1.807, 2.05) is 6.20 Å². The minimum Gasteiger partial charge on any atom is -0.394 e. The van der Waals surface area contributed by atoms with Gasteiger partial charge in [0, 0.05) is 6.20 Å². The van der Waals surface area contributed by atoms with Crippen LogP contribution in [-0.2, 0) is 22.3 Å². The van der Waals surface area contributed by atoms with Crippen LogP contribution in [0.3, 0.4) is 0 Å². The van der Waals surface area contributed by atoms with E-state index in [0.717, 1.165) is 63.5 Å². The summed E-state index contributed by atoms with van der Waals surface area (Å²) in [7, 11) is 0. The van der Waals surface area contributed by atoms with Gasteiger partial charge in [-0.3, -0.25) is 0 Å². The molecule has 268 valence electrons. The summed E-state index contributed by atoms with van der Waals surface area (Å²) in [6.45, 7) is 2.39. The van der Waals surface area contributed by atoms with Crippen LogP contribution in [0, 0.1) is 0 Å². The van der Waals surface area contributed by atoms with Gasteiger partial charge in [-0.25, -0.2) is 4.68 Å². The van der Waals surface area contributed by atoms with Crippen molar-refractivity contribution in [2.45, 2.75) is 185 Å². The zero-order chi connectivity index (χ0) is 33.4. The summed E-state index contributed by atoms with van der Waals surface area (Å²) in [5, 5.41) is 40.7. The maximum Gasteiger partial charge on any atom is 0.158 e. The molecule has 8 nitrogen and oxygen atoms in total. The van der Waals surface area contributed by atoms with Crippen molar-refractivity contribution in [3.05, 3.63) is 47.8 Å². The first kappa shape index (κ1) is 39.6. The summed E-state index contributed by atoms with van der Waals surface area (Å²) >= 11 is 0. The fraction of sp³-hybridized carbons (Fsp3) is 0.795. The highest BCUT2D eigenvalue weighted by atomic mass is 16.7. The van der Waals surface area contributed by atoms with Crippen LogP contribution in [-0.4, -0.2) is 68.1 Å². The molecule has 0 radical (unpaired) electrons. The normalized spacial score (nSPS) is 18.7. The molecule has 0 spiro atoms. The molecule has 1 saturated heterocycles. The predicted octanol–water partition coefficient (Wildman–Crippen LogP) is 8.27. The van der Waals surface area contributed by atoms with Crippen molar-refractivity contribution in [3.8, 4) is 0 Å². The average molecular weight is 658 g/mol. The van der Waals surface area contributed by atoms with E-state index in [-0.39, 0.29) is 19.3 Å². The van der Waals surface area contributed by atoms with Gasteiger partial charge in [0.2, 0.25) is 0 Å². The van der Waals surface area contributed by atoms with Gasteiger partial charge in [-0.1, -0.05) is 139 Å². The van der Waals surface area contributed by atoms with Gasteiger partial charge in [0.15, 0.2) is 6.29 Å². The van der Waals surface area contributed by atoms with Crippen molar-refractivity contribution in [2.75, 3.05) is 13.2 Å². The number of aliphatic hydroxyl groups is 3. The molecule has 3 rings (SSSR count). The van der Waals surface area contributed by atoms with Gasteiger partial charge in [-0.15, -0.1) is 5.10 Å². The quantitative estimate of drug-likeness (QED) is 0.0790. The van der Waals surface area contributed by atoms with Crippen LogP contribution in [0.15, 0.2) is 36.5 Å². The number of unbranched alkanes of at least 4 members (excludes halogenated alkanes) is 15. The number of hydrogen-bond acceptors (Lipinski definition) is 7. The van der Waals surface area contributed by atoms with Crippen molar-refractivity contribution in [3.63, 3.8) is 0 Å². The molecule has 2 aromatic rings. The molecule has 1 aliphatic heterocycles. The van der Waals surface area contributed by atoms with Crippen LogP contribution >= 0.6 is 0 Å². The second-order valence-corrected chi connectivity index (χ2v) is 13.9. The first-order valence-corrected chi connectivity index (χ1v) is 19.3. The Morgan fingerprint density at radius 2 is 1.43 bits per heavy atom. The lowest BCUT2D eigenvalue weighted by molar-refractivity contribution is -0.210. The van der Waals surface area contributed by atoms with Crippen LogP contribution < -0.4 is 0 Å². The Bertz CT molecular complexity index is 1010. The van der Waals surface area contributed by atoms with E-state index in [2.05, 4.69) is 47.6 Å². The number of hydrogen-bond donors (Lipinski definition) is 3. The molecule has 5 atom stereocenters. The second kappa shape index (κ2) is 25.2. The molecule has 0 saturated carbocycles. The molecule has 47 heavy (non-hydrogen) atoms. The van der Waals surface area contributed by atoms with E-state index in [0.29, 0.717) is 6.42 Å². The van der Waals surface area contributed by atoms with E-state index in [1.165, 1.54) is 89.0 Å². The van der Waals surface area contributed by atoms with E-state index < -0.39 is 24.5 Å².